The summed E-state index contributed by atoms with van der Waals surface area (Å²) in [6.45, 7) is -0.948. The number of alkyl halides is 4. The van der Waals surface area contributed by atoms with E-state index in [9.17, 15) is 17.6 Å². The van der Waals surface area contributed by atoms with Crippen LogP contribution in [0.5, 0.6) is 5.88 Å². The highest BCUT2D eigenvalue weighted by Gasteiger charge is 2.47. The third kappa shape index (κ3) is 3.81. The Morgan fingerprint density at radius 3 is 2.88 bits per heavy atom. The topological polar surface area (TPSA) is 88.6 Å². The second-order valence-corrected chi connectivity index (χ2v) is 7.90. The van der Waals surface area contributed by atoms with E-state index >= 15 is 0 Å². The highest BCUT2D eigenvalue weighted by atomic mass is 19.3. The predicted octanol–water partition coefficient (Wildman–Crippen LogP) is 2.20. The minimum atomic E-state index is -3.01. The summed E-state index contributed by atoms with van der Waals surface area (Å²) >= 11 is 0. The molecule has 174 valence electrons. The summed E-state index contributed by atoms with van der Waals surface area (Å²) in [5.41, 5.74) is 2.22. The van der Waals surface area contributed by atoms with E-state index in [0.29, 0.717) is 27.7 Å². The van der Waals surface area contributed by atoms with Crippen LogP contribution < -0.4 is 10.4 Å². The van der Waals surface area contributed by atoms with Gasteiger partial charge in [0.25, 0.3) is 12.3 Å². The summed E-state index contributed by atoms with van der Waals surface area (Å²) in [5, 5.41) is 10.5. The molecule has 33 heavy (non-hydrogen) atoms. The van der Waals surface area contributed by atoms with Crippen LogP contribution in [-0.4, -0.2) is 80.1 Å². The second kappa shape index (κ2) is 7.83. The molecule has 1 saturated heterocycles. The number of rotatable bonds is 5. The van der Waals surface area contributed by atoms with Crippen molar-refractivity contribution in [3.05, 3.63) is 36.1 Å². The van der Waals surface area contributed by atoms with Gasteiger partial charge in [0.15, 0.2) is 0 Å². The number of hydrogen-bond donors (Lipinski definition) is 1. The van der Waals surface area contributed by atoms with Crippen LogP contribution in [0.3, 0.4) is 0 Å². The average molecular weight is 465 g/mol. The van der Waals surface area contributed by atoms with Crippen LogP contribution >= 0.6 is 0 Å². The Morgan fingerprint density at radius 1 is 1.36 bits per heavy atom. The molecule has 0 spiro atoms. The molecule has 0 amide bonds. The van der Waals surface area contributed by atoms with Crippen LogP contribution in [-0.2, 0) is 6.54 Å². The molecular formula is C20H20F4N8O. The highest BCUT2D eigenvalue weighted by molar-refractivity contribution is 5.89. The molecule has 1 aromatic carbocycles. The van der Waals surface area contributed by atoms with E-state index < -0.39 is 31.5 Å². The van der Waals surface area contributed by atoms with E-state index in [1.807, 2.05) is 0 Å². The van der Waals surface area contributed by atoms with Crippen molar-refractivity contribution in [1.29, 1.82) is 0 Å². The fraction of sp³-hybridized carbons (Fsp3) is 0.400. The van der Waals surface area contributed by atoms with Crippen LogP contribution in [0.25, 0.3) is 27.7 Å². The number of benzene rings is 1. The lowest BCUT2D eigenvalue weighted by Crippen LogP contribution is -2.33. The maximum Gasteiger partial charge on any atom is 0.283 e. The summed E-state index contributed by atoms with van der Waals surface area (Å²) in [6.07, 6.45) is -2.60. The zero-order valence-electron chi connectivity index (χ0n) is 18.6. The summed E-state index contributed by atoms with van der Waals surface area (Å²) < 4.78 is 70.5. The number of halogens is 4. The van der Waals surface area contributed by atoms with E-state index in [2.05, 4.69) is 25.4 Å². The first-order valence-electron chi connectivity index (χ1n) is 10.5. The van der Waals surface area contributed by atoms with Gasteiger partial charge in [-0.05, 0) is 30.8 Å². The third-order valence-electron chi connectivity index (χ3n) is 5.50. The zero-order valence-corrected chi connectivity index (χ0v) is 17.6. The molecule has 1 aliphatic rings. The number of likely N-dealkylation sites (N-methyl/N-ethyl adjacent to an activating group) is 1. The van der Waals surface area contributed by atoms with Gasteiger partial charge >= 0.3 is 0 Å². The van der Waals surface area contributed by atoms with Crippen molar-refractivity contribution in [3.63, 3.8) is 0 Å². The normalized spacial score (nSPS) is 19.8. The van der Waals surface area contributed by atoms with Gasteiger partial charge in [0.1, 0.15) is 23.6 Å². The van der Waals surface area contributed by atoms with Crippen molar-refractivity contribution >= 4 is 16.6 Å². The molecule has 4 aromatic rings. The van der Waals surface area contributed by atoms with Crippen LogP contribution in [0.1, 0.15) is 1.37 Å². The van der Waals surface area contributed by atoms with Crippen LogP contribution in [0.15, 0.2) is 35.4 Å². The number of nitrogens with one attached hydrogen (secondary N) is 1. The number of hydrogen-bond acceptors (Lipinski definition) is 6. The molecule has 1 unspecified atom stereocenters. The van der Waals surface area contributed by atoms with E-state index in [4.69, 9.17) is 6.11 Å². The first kappa shape index (κ1) is 20.1. The van der Waals surface area contributed by atoms with Gasteiger partial charge < -0.3 is 4.74 Å². The number of aromatic amines is 1. The maximum absolute atomic E-state index is 14.2. The number of H-pyrrole nitrogens is 1. The van der Waals surface area contributed by atoms with Gasteiger partial charge in [-0.15, -0.1) is 5.10 Å². The zero-order chi connectivity index (χ0) is 24.2. The average Bonchev–Trinajstić information content (AvgIpc) is 3.40. The molecule has 3 aromatic heterocycles. The number of ether oxygens (including phenoxy) is 1. The minimum Gasteiger partial charge on any atom is -0.479 e. The van der Waals surface area contributed by atoms with Crippen LogP contribution in [0, 0.1) is 0 Å². The molecule has 4 heterocycles. The summed E-state index contributed by atoms with van der Waals surface area (Å²) in [4.78, 5) is 9.82. The lowest BCUT2D eigenvalue weighted by Gasteiger charge is -2.13. The monoisotopic (exact) mass is 465 g/mol. The summed E-state index contributed by atoms with van der Waals surface area (Å²) in [7, 11) is 2.96. The second-order valence-electron chi connectivity index (χ2n) is 7.90. The smallest absolute Gasteiger partial charge is 0.283 e. The quantitative estimate of drug-likeness (QED) is 0.457. The standard InChI is InChI=1S/C20H20F4N8O/c1-30-8-15(20(23,24)10-30)25-19-26-18(33-2)17-12(5-6-31(17)28-19)11-3-4-13-14(7-11)32(29-27-13)9-16(21)22/h3-7,15-16H,8-10H2,1-2H3,(H,25,28)/i6D. The van der Waals surface area contributed by atoms with E-state index in [-0.39, 0.29) is 24.2 Å². The Bertz CT molecular complexity index is 1450. The fourth-order valence-electron chi connectivity index (χ4n) is 4.02. The molecule has 5 rings (SSSR count). The van der Waals surface area contributed by atoms with E-state index in [1.165, 1.54) is 22.6 Å². The number of nitrogens with zero attached hydrogens (tertiary/aromatic N) is 7. The molecule has 0 radical (unpaired) electrons. The molecule has 1 atom stereocenters. The summed E-state index contributed by atoms with van der Waals surface area (Å²) in [6, 6.07) is 5.22. The van der Waals surface area contributed by atoms with Crippen LogP contribution in [0.2, 0.25) is 0 Å². The lowest BCUT2D eigenvalue weighted by atomic mass is 10.1. The van der Waals surface area contributed by atoms with E-state index in [0.717, 1.165) is 4.68 Å². The molecule has 0 saturated carbocycles. The number of fused-ring (bicyclic) bond motifs is 2. The van der Waals surface area contributed by atoms with Crippen molar-refractivity contribution < 1.29 is 23.7 Å². The molecule has 9 nitrogen and oxygen atoms in total. The Morgan fingerprint density at radius 2 is 2.18 bits per heavy atom. The van der Waals surface area contributed by atoms with Gasteiger partial charge in [0.2, 0.25) is 11.5 Å². The predicted molar refractivity (Wildman–Crippen MR) is 110 cm³/mol. The molecule has 0 aliphatic carbocycles. The van der Waals surface area contributed by atoms with Crippen molar-refractivity contribution in [3.8, 4) is 17.0 Å². The van der Waals surface area contributed by atoms with E-state index in [1.54, 1.807) is 25.2 Å². The minimum absolute atomic E-state index is 0.00300. The lowest BCUT2D eigenvalue weighted by molar-refractivity contribution is 0.000406. The fourth-order valence-corrected chi connectivity index (χ4v) is 4.02. The Labute approximate surface area is 185 Å². The van der Waals surface area contributed by atoms with Gasteiger partial charge in [-0.25, -0.2) is 27.2 Å². The van der Waals surface area contributed by atoms with Crippen molar-refractivity contribution in [2.24, 2.45) is 4.99 Å². The van der Waals surface area contributed by atoms with Gasteiger partial charge in [0, 0.05) is 18.3 Å². The largest absolute Gasteiger partial charge is 0.479 e. The molecule has 0 bridgehead atoms. The van der Waals surface area contributed by atoms with Gasteiger partial charge in [-0.1, -0.05) is 11.3 Å². The van der Waals surface area contributed by atoms with Crippen LogP contribution in [0.4, 0.5) is 17.6 Å². The van der Waals surface area contributed by atoms with Gasteiger partial charge in [0.05, 0.1) is 20.5 Å². The first-order chi connectivity index (χ1) is 16.2. The molecular weight excluding hydrogens is 444 g/mol. The Balaban J connectivity index is 1.65. The first-order valence-corrected chi connectivity index (χ1v) is 10.0. The SMILES string of the molecule is [2H]c1cc(-c2ccc3nnn(CC(F)F)c3c2)c2c(OC)nc(=NC3CN(C)CC3(F)F)[nH]n12. The Hall–Kier alpha value is -3.48. The number of likely N-dealkylation sites (tertiary alicyclic amines) is 1. The molecule has 13 heteroatoms. The molecule has 1 N–H and O–H groups in total. The molecule has 1 aliphatic heterocycles. The van der Waals surface area contributed by atoms with Crippen molar-refractivity contribution in [1.82, 2.24) is 34.5 Å². The maximum atomic E-state index is 14.2. The van der Waals surface area contributed by atoms with Gasteiger partial charge in [-0.3, -0.25) is 14.5 Å². The number of methoxy groups -OCH3 is 1. The van der Waals surface area contributed by atoms with Gasteiger partial charge in [-0.2, -0.15) is 4.98 Å². The van der Waals surface area contributed by atoms with Crippen molar-refractivity contribution in [2.75, 3.05) is 27.2 Å². The Kier molecular flexibility index (Phi) is 4.78. The number of aromatic nitrogens is 6. The third-order valence-corrected chi connectivity index (χ3v) is 5.50. The molecule has 1 fully saturated rings. The highest BCUT2D eigenvalue weighted by Crippen LogP contribution is 2.32. The summed E-state index contributed by atoms with van der Waals surface area (Å²) in [5.74, 6) is -2.94. The van der Waals surface area contributed by atoms with Crippen molar-refractivity contribution in [2.45, 2.75) is 24.9 Å².